The number of carbonyl (C=O) groups excluding carboxylic acids is 1. The topological polar surface area (TPSA) is 32.3 Å². The van der Waals surface area contributed by atoms with Gasteiger partial charge in [-0.25, -0.2) is 8.78 Å². The minimum absolute atomic E-state index is 0.175. The van der Waals surface area contributed by atoms with Crippen LogP contribution in [0.4, 0.5) is 8.78 Å². The van der Waals surface area contributed by atoms with Crippen LogP contribution in [0.2, 0.25) is 0 Å². The molecule has 1 aromatic carbocycles. The van der Waals surface area contributed by atoms with Crippen molar-refractivity contribution in [2.75, 3.05) is 32.7 Å². The lowest BCUT2D eigenvalue weighted by Crippen LogP contribution is -2.45. The van der Waals surface area contributed by atoms with E-state index in [2.05, 4.69) is 5.32 Å². The van der Waals surface area contributed by atoms with E-state index in [4.69, 9.17) is 0 Å². The molecule has 1 heterocycles. The second kappa shape index (κ2) is 5.33. The van der Waals surface area contributed by atoms with E-state index in [1.54, 1.807) is 0 Å². The van der Waals surface area contributed by atoms with Crippen LogP contribution < -0.4 is 5.32 Å². The summed E-state index contributed by atoms with van der Waals surface area (Å²) in [5, 5.41) is 3.18. The second-order valence-electron chi connectivity index (χ2n) is 4.08. The van der Waals surface area contributed by atoms with Crippen molar-refractivity contribution in [2.45, 2.75) is 0 Å². The van der Waals surface area contributed by atoms with Gasteiger partial charge >= 0.3 is 0 Å². The zero-order chi connectivity index (χ0) is 12.3. The maximum atomic E-state index is 13.0. The van der Waals surface area contributed by atoms with Gasteiger partial charge in [0.05, 0.1) is 6.54 Å². The number of benzene rings is 1. The monoisotopic (exact) mass is 240 g/mol. The summed E-state index contributed by atoms with van der Waals surface area (Å²) < 4.78 is 25.7. The molecule has 0 aromatic heterocycles. The number of ketones is 1. The molecule has 0 unspecified atom stereocenters. The van der Waals surface area contributed by atoms with Gasteiger partial charge in [-0.3, -0.25) is 9.69 Å². The number of piperazine rings is 1. The first-order chi connectivity index (χ1) is 8.16. The zero-order valence-electron chi connectivity index (χ0n) is 9.38. The Bertz CT molecular complexity index is 417. The molecule has 2 rings (SSSR count). The molecule has 1 aliphatic rings. The third-order valence-electron chi connectivity index (χ3n) is 2.82. The molecule has 1 aromatic rings. The molecule has 5 heteroatoms. The zero-order valence-corrected chi connectivity index (χ0v) is 9.38. The first-order valence-corrected chi connectivity index (χ1v) is 5.58. The molecule has 1 aliphatic heterocycles. The fourth-order valence-electron chi connectivity index (χ4n) is 1.83. The highest BCUT2D eigenvalue weighted by molar-refractivity contribution is 5.97. The van der Waals surface area contributed by atoms with Gasteiger partial charge in [0.2, 0.25) is 0 Å². The molecule has 17 heavy (non-hydrogen) atoms. The van der Waals surface area contributed by atoms with Crippen molar-refractivity contribution in [2.24, 2.45) is 0 Å². The van der Waals surface area contributed by atoms with Crippen LogP contribution in [0, 0.1) is 11.6 Å². The molecular weight excluding hydrogens is 226 g/mol. The summed E-state index contributed by atoms with van der Waals surface area (Å²) in [6.07, 6.45) is 0. The normalized spacial score (nSPS) is 17.1. The third-order valence-corrected chi connectivity index (χ3v) is 2.82. The van der Waals surface area contributed by atoms with Crippen LogP contribution in [-0.4, -0.2) is 43.4 Å². The molecule has 0 aliphatic carbocycles. The molecule has 0 radical (unpaired) electrons. The Kier molecular flexibility index (Phi) is 3.81. The lowest BCUT2D eigenvalue weighted by atomic mass is 10.1. The van der Waals surface area contributed by atoms with Gasteiger partial charge in [0.25, 0.3) is 0 Å². The summed E-state index contributed by atoms with van der Waals surface area (Å²) in [6.45, 7) is 3.56. The van der Waals surface area contributed by atoms with E-state index in [9.17, 15) is 13.6 Å². The number of nitrogens with zero attached hydrogens (tertiary/aromatic N) is 1. The van der Waals surface area contributed by atoms with Crippen LogP contribution in [-0.2, 0) is 0 Å². The molecule has 0 atom stereocenters. The van der Waals surface area contributed by atoms with E-state index in [0.717, 1.165) is 38.3 Å². The standard InChI is InChI=1S/C12H14F2N2O/c13-10-2-1-9(7-11(10)14)12(17)8-16-5-3-15-4-6-16/h1-2,7,15H,3-6,8H2. The van der Waals surface area contributed by atoms with Crippen molar-refractivity contribution in [3.05, 3.63) is 35.4 Å². The Morgan fingerprint density at radius 3 is 2.59 bits per heavy atom. The van der Waals surface area contributed by atoms with Crippen molar-refractivity contribution < 1.29 is 13.6 Å². The van der Waals surface area contributed by atoms with Crippen LogP contribution >= 0.6 is 0 Å². The van der Waals surface area contributed by atoms with Gasteiger partial charge in [0, 0.05) is 31.7 Å². The van der Waals surface area contributed by atoms with Gasteiger partial charge < -0.3 is 5.32 Å². The van der Waals surface area contributed by atoms with Crippen molar-refractivity contribution in [1.29, 1.82) is 0 Å². The average molecular weight is 240 g/mol. The Hall–Kier alpha value is -1.33. The molecule has 0 spiro atoms. The van der Waals surface area contributed by atoms with E-state index in [0.29, 0.717) is 0 Å². The number of carbonyl (C=O) groups is 1. The van der Waals surface area contributed by atoms with E-state index < -0.39 is 11.6 Å². The quantitative estimate of drug-likeness (QED) is 0.802. The molecule has 1 N–H and O–H groups in total. The maximum absolute atomic E-state index is 13.0. The minimum Gasteiger partial charge on any atom is -0.314 e. The Balaban J connectivity index is 2.01. The Morgan fingerprint density at radius 1 is 1.24 bits per heavy atom. The molecule has 0 bridgehead atoms. The van der Waals surface area contributed by atoms with Crippen molar-refractivity contribution >= 4 is 5.78 Å². The molecule has 0 saturated carbocycles. The molecule has 1 saturated heterocycles. The molecule has 1 fully saturated rings. The van der Waals surface area contributed by atoms with Gasteiger partial charge in [-0.15, -0.1) is 0 Å². The molecular formula is C12H14F2N2O. The van der Waals surface area contributed by atoms with Crippen LogP contribution in [0.1, 0.15) is 10.4 Å². The fraction of sp³-hybridized carbons (Fsp3) is 0.417. The van der Waals surface area contributed by atoms with Crippen molar-refractivity contribution in [3.8, 4) is 0 Å². The Morgan fingerprint density at radius 2 is 1.94 bits per heavy atom. The van der Waals surface area contributed by atoms with Gasteiger partial charge in [0.15, 0.2) is 17.4 Å². The molecule has 3 nitrogen and oxygen atoms in total. The third kappa shape index (κ3) is 3.08. The van der Waals surface area contributed by atoms with E-state index in [1.807, 2.05) is 4.90 Å². The SMILES string of the molecule is O=C(CN1CCNCC1)c1ccc(F)c(F)c1. The van der Waals surface area contributed by atoms with Gasteiger partial charge in [-0.05, 0) is 18.2 Å². The molecule has 0 amide bonds. The second-order valence-corrected chi connectivity index (χ2v) is 4.08. The summed E-state index contributed by atoms with van der Waals surface area (Å²) >= 11 is 0. The number of nitrogens with one attached hydrogen (secondary N) is 1. The number of hydrogen-bond donors (Lipinski definition) is 1. The van der Waals surface area contributed by atoms with Crippen LogP contribution in [0.15, 0.2) is 18.2 Å². The van der Waals surface area contributed by atoms with E-state index in [-0.39, 0.29) is 17.9 Å². The van der Waals surface area contributed by atoms with Crippen LogP contribution in [0.5, 0.6) is 0 Å². The van der Waals surface area contributed by atoms with Gasteiger partial charge in [0.1, 0.15) is 0 Å². The highest BCUT2D eigenvalue weighted by atomic mass is 19.2. The number of Topliss-reactive ketones (excluding diaryl/α,β-unsaturated/α-hetero) is 1. The van der Waals surface area contributed by atoms with Crippen LogP contribution in [0.25, 0.3) is 0 Å². The largest absolute Gasteiger partial charge is 0.314 e. The lowest BCUT2D eigenvalue weighted by molar-refractivity contribution is 0.0921. The smallest absolute Gasteiger partial charge is 0.176 e. The first-order valence-electron chi connectivity index (χ1n) is 5.58. The summed E-state index contributed by atoms with van der Waals surface area (Å²) in [5.74, 6) is -2.08. The summed E-state index contributed by atoms with van der Waals surface area (Å²) in [6, 6.07) is 3.27. The Labute approximate surface area is 98.4 Å². The van der Waals surface area contributed by atoms with Crippen molar-refractivity contribution in [1.82, 2.24) is 10.2 Å². The maximum Gasteiger partial charge on any atom is 0.176 e. The van der Waals surface area contributed by atoms with Gasteiger partial charge in [-0.1, -0.05) is 0 Å². The number of rotatable bonds is 3. The fourth-order valence-corrected chi connectivity index (χ4v) is 1.83. The van der Waals surface area contributed by atoms with Gasteiger partial charge in [-0.2, -0.15) is 0 Å². The molecule has 92 valence electrons. The lowest BCUT2D eigenvalue weighted by Gasteiger charge is -2.26. The predicted octanol–water partition coefficient (Wildman–Crippen LogP) is 1.05. The number of hydrogen-bond acceptors (Lipinski definition) is 3. The highest BCUT2D eigenvalue weighted by Gasteiger charge is 2.15. The first kappa shape index (κ1) is 12.1. The van der Waals surface area contributed by atoms with E-state index in [1.165, 1.54) is 6.07 Å². The van der Waals surface area contributed by atoms with Crippen LogP contribution in [0.3, 0.4) is 0 Å². The highest BCUT2D eigenvalue weighted by Crippen LogP contribution is 2.10. The summed E-state index contributed by atoms with van der Waals surface area (Å²) in [4.78, 5) is 13.8. The van der Waals surface area contributed by atoms with E-state index >= 15 is 0 Å². The predicted molar refractivity (Wildman–Crippen MR) is 60.0 cm³/mol. The summed E-state index contributed by atoms with van der Waals surface area (Å²) in [7, 11) is 0. The summed E-state index contributed by atoms with van der Waals surface area (Å²) in [5.41, 5.74) is 0.224. The minimum atomic E-state index is -0.976. The van der Waals surface area contributed by atoms with Crippen molar-refractivity contribution in [3.63, 3.8) is 0 Å². The number of halogens is 2. The average Bonchev–Trinajstić information content (AvgIpc) is 2.34.